The van der Waals surface area contributed by atoms with Crippen LogP contribution < -0.4 is 10.6 Å². The number of anilines is 2. The number of nitrogens with zero attached hydrogens (tertiary/aromatic N) is 1. The van der Waals surface area contributed by atoms with Gasteiger partial charge in [0.05, 0.1) is 16.3 Å². The molecule has 0 aliphatic heterocycles. The predicted molar refractivity (Wildman–Crippen MR) is 82.6 cm³/mol. The van der Waals surface area contributed by atoms with E-state index in [4.69, 9.17) is 17.3 Å². The number of rotatable bonds is 6. The third kappa shape index (κ3) is 3.37. The lowest BCUT2D eigenvalue weighted by Gasteiger charge is -2.28. The number of aromatic carboxylic acids is 1. The Morgan fingerprint density at radius 2 is 2.15 bits per heavy atom. The van der Waals surface area contributed by atoms with Crippen molar-refractivity contribution in [3.63, 3.8) is 0 Å². The van der Waals surface area contributed by atoms with Gasteiger partial charge in [-0.25, -0.2) is 4.79 Å². The number of carboxylic acids is 1. The normalized spacial score (nSPS) is 14.6. The van der Waals surface area contributed by atoms with Crippen molar-refractivity contribution >= 4 is 28.9 Å². The molecule has 0 amide bonds. The first-order valence-electron chi connectivity index (χ1n) is 6.99. The fourth-order valence-corrected chi connectivity index (χ4v) is 2.67. The summed E-state index contributed by atoms with van der Waals surface area (Å²) in [6.07, 6.45) is 3.20. The minimum absolute atomic E-state index is 0.200. The van der Waals surface area contributed by atoms with Gasteiger partial charge >= 0.3 is 5.97 Å². The highest BCUT2D eigenvalue weighted by Gasteiger charge is 2.32. The molecule has 0 unspecified atom stereocenters. The molecule has 1 aromatic rings. The summed E-state index contributed by atoms with van der Waals surface area (Å²) in [5.41, 5.74) is 6.92. The van der Waals surface area contributed by atoms with E-state index in [9.17, 15) is 9.90 Å². The zero-order valence-corrected chi connectivity index (χ0v) is 12.7. The van der Waals surface area contributed by atoms with Crippen LogP contribution in [0.5, 0.6) is 0 Å². The van der Waals surface area contributed by atoms with E-state index in [2.05, 4.69) is 18.7 Å². The van der Waals surface area contributed by atoms with Crippen molar-refractivity contribution in [3.05, 3.63) is 22.7 Å². The van der Waals surface area contributed by atoms with Crippen LogP contribution >= 0.6 is 11.6 Å². The summed E-state index contributed by atoms with van der Waals surface area (Å²) < 4.78 is 0. The molecule has 3 N–H and O–H groups in total. The molecule has 0 aromatic heterocycles. The number of nitrogen functional groups attached to an aromatic ring is 1. The predicted octanol–water partition coefficient (Wildman–Crippen LogP) is 3.64. The average molecular weight is 297 g/mol. The molecule has 1 saturated carbocycles. The van der Waals surface area contributed by atoms with Crippen LogP contribution in [0.3, 0.4) is 0 Å². The standard InChI is InChI=1S/C15H21ClN2O2/c1-9(2)5-6-18(11-3-4-11)14-12(15(19)20)7-10(17)8-13(14)16/h7-9,11H,3-6,17H2,1-2H3,(H,19,20). The number of hydrogen-bond acceptors (Lipinski definition) is 3. The Morgan fingerprint density at radius 1 is 1.50 bits per heavy atom. The molecular weight excluding hydrogens is 276 g/mol. The first kappa shape index (κ1) is 15.0. The van der Waals surface area contributed by atoms with Crippen LogP contribution in [0.1, 0.15) is 43.5 Å². The Balaban J connectivity index is 2.39. The molecule has 0 saturated heterocycles. The maximum atomic E-state index is 11.5. The van der Waals surface area contributed by atoms with Gasteiger partial charge in [-0.2, -0.15) is 0 Å². The maximum Gasteiger partial charge on any atom is 0.337 e. The van der Waals surface area contributed by atoms with Crippen molar-refractivity contribution in [2.45, 2.75) is 39.2 Å². The van der Waals surface area contributed by atoms with Gasteiger partial charge in [0, 0.05) is 18.3 Å². The number of halogens is 1. The first-order valence-corrected chi connectivity index (χ1v) is 7.37. The quantitative estimate of drug-likeness (QED) is 0.787. The molecule has 1 aliphatic carbocycles. The minimum atomic E-state index is -0.982. The zero-order valence-electron chi connectivity index (χ0n) is 11.9. The molecule has 0 bridgehead atoms. The highest BCUT2D eigenvalue weighted by molar-refractivity contribution is 6.34. The van der Waals surface area contributed by atoms with Gasteiger partial charge in [0.1, 0.15) is 0 Å². The second-order valence-corrected chi connectivity index (χ2v) is 6.22. The number of hydrogen-bond donors (Lipinski definition) is 2. The zero-order chi connectivity index (χ0) is 14.9. The molecule has 2 rings (SSSR count). The monoisotopic (exact) mass is 296 g/mol. The first-order chi connectivity index (χ1) is 9.40. The highest BCUT2D eigenvalue weighted by atomic mass is 35.5. The Morgan fingerprint density at radius 3 is 2.65 bits per heavy atom. The second kappa shape index (κ2) is 5.92. The van der Waals surface area contributed by atoms with Gasteiger partial charge in [-0.15, -0.1) is 0 Å². The van der Waals surface area contributed by atoms with Gasteiger partial charge in [0.15, 0.2) is 0 Å². The van der Waals surface area contributed by atoms with Crippen molar-refractivity contribution in [1.82, 2.24) is 0 Å². The van der Waals surface area contributed by atoms with E-state index in [-0.39, 0.29) is 5.56 Å². The van der Waals surface area contributed by atoms with Crippen LogP contribution in [0.2, 0.25) is 5.02 Å². The molecule has 0 spiro atoms. The molecule has 1 aliphatic rings. The smallest absolute Gasteiger partial charge is 0.337 e. The van der Waals surface area contributed by atoms with Crippen molar-refractivity contribution < 1.29 is 9.90 Å². The summed E-state index contributed by atoms with van der Waals surface area (Å²) in [7, 11) is 0. The molecule has 0 radical (unpaired) electrons. The topological polar surface area (TPSA) is 66.6 Å². The number of benzene rings is 1. The van der Waals surface area contributed by atoms with Gasteiger partial charge < -0.3 is 15.7 Å². The molecule has 1 aromatic carbocycles. The van der Waals surface area contributed by atoms with E-state index >= 15 is 0 Å². The fraction of sp³-hybridized carbons (Fsp3) is 0.533. The largest absolute Gasteiger partial charge is 0.478 e. The number of carboxylic acid groups (broad SMARTS) is 1. The van der Waals surface area contributed by atoms with Crippen LogP contribution in [0, 0.1) is 5.92 Å². The Labute approximate surface area is 124 Å². The molecule has 20 heavy (non-hydrogen) atoms. The van der Waals surface area contributed by atoms with Gasteiger partial charge in [0.25, 0.3) is 0 Å². The van der Waals surface area contributed by atoms with Gasteiger partial charge in [0.2, 0.25) is 0 Å². The van der Waals surface area contributed by atoms with Crippen LogP contribution in [-0.2, 0) is 0 Å². The highest BCUT2D eigenvalue weighted by Crippen LogP contribution is 2.39. The SMILES string of the molecule is CC(C)CCN(c1c(Cl)cc(N)cc1C(=O)O)C1CC1. The van der Waals surface area contributed by atoms with Crippen LogP contribution in [-0.4, -0.2) is 23.7 Å². The van der Waals surface area contributed by atoms with Crippen molar-refractivity contribution in [2.24, 2.45) is 5.92 Å². The van der Waals surface area contributed by atoms with Crippen molar-refractivity contribution in [2.75, 3.05) is 17.2 Å². The molecule has 110 valence electrons. The summed E-state index contributed by atoms with van der Waals surface area (Å²) in [6.45, 7) is 5.15. The Kier molecular flexibility index (Phi) is 4.43. The van der Waals surface area contributed by atoms with E-state index in [1.165, 1.54) is 6.07 Å². The lowest BCUT2D eigenvalue weighted by molar-refractivity contribution is 0.0697. The van der Waals surface area contributed by atoms with E-state index in [1.807, 2.05) is 0 Å². The number of carbonyl (C=O) groups is 1. The summed E-state index contributed by atoms with van der Waals surface area (Å²) in [5, 5.41) is 9.83. The van der Waals surface area contributed by atoms with Gasteiger partial charge in [-0.1, -0.05) is 25.4 Å². The molecule has 1 fully saturated rings. The molecule has 5 heteroatoms. The van der Waals surface area contributed by atoms with Crippen LogP contribution in [0.25, 0.3) is 0 Å². The average Bonchev–Trinajstić information content (AvgIpc) is 3.14. The third-order valence-electron chi connectivity index (χ3n) is 3.54. The van der Waals surface area contributed by atoms with Crippen molar-refractivity contribution in [3.8, 4) is 0 Å². The minimum Gasteiger partial charge on any atom is -0.478 e. The summed E-state index contributed by atoms with van der Waals surface area (Å²) in [4.78, 5) is 13.6. The summed E-state index contributed by atoms with van der Waals surface area (Å²) >= 11 is 6.28. The Hall–Kier alpha value is -1.42. The maximum absolute atomic E-state index is 11.5. The summed E-state index contributed by atoms with van der Waals surface area (Å²) in [5.74, 6) is -0.415. The lowest BCUT2D eigenvalue weighted by atomic mass is 10.1. The van der Waals surface area contributed by atoms with E-state index in [1.54, 1.807) is 6.07 Å². The van der Waals surface area contributed by atoms with Crippen molar-refractivity contribution in [1.29, 1.82) is 0 Å². The third-order valence-corrected chi connectivity index (χ3v) is 3.83. The van der Waals surface area contributed by atoms with Crippen LogP contribution in [0.15, 0.2) is 12.1 Å². The Bertz CT molecular complexity index is 513. The molecule has 0 atom stereocenters. The fourth-order valence-electron chi connectivity index (χ4n) is 2.34. The molecule has 0 heterocycles. The van der Waals surface area contributed by atoms with Gasteiger partial charge in [-0.05, 0) is 37.3 Å². The van der Waals surface area contributed by atoms with Gasteiger partial charge in [-0.3, -0.25) is 0 Å². The summed E-state index contributed by atoms with van der Waals surface area (Å²) in [6, 6.07) is 3.54. The lowest BCUT2D eigenvalue weighted by Crippen LogP contribution is -2.29. The van der Waals surface area contributed by atoms with E-state index in [0.717, 1.165) is 25.8 Å². The molecule has 4 nitrogen and oxygen atoms in total. The molecular formula is C15H21ClN2O2. The van der Waals surface area contributed by atoms with Crippen LogP contribution in [0.4, 0.5) is 11.4 Å². The second-order valence-electron chi connectivity index (χ2n) is 5.81. The number of nitrogens with two attached hydrogens (primary N) is 1. The van der Waals surface area contributed by atoms with E-state index in [0.29, 0.717) is 28.4 Å². The van der Waals surface area contributed by atoms with E-state index < -0.39 is 5.97 Å².